The molecule has 67 valence electrons. The Morgan fingerprint density at radius 1 is 1.07 bits per heavy atom. The molecule has 3 rings (SSSR count). The first-order valence-corrected chi connectivity index (χ1v) is 6.13. The lowest BCUT2D eigenvalue weighted by Crippen LogP contribution is -1.68. The van der Waals surface area contributed by atoms with E-state index >= 15 is 0 Å². The second kappa shape index (κ2) is 3.23. The summed E-state index contributed by atoms with van der Waals surface area (Å²) >= 11 is 3.42. The minimum absolute atomic E-state index is 1.22. The molecule has 0 N–H and O–H groups in total. The summed E-state index contributed by atoms with van der Waals surface area (Å²) < 4.78 is 1.35. The fourth-order valence-electron chi connectivity index (χ4n) is 1.56. The number of rotatable bonds is 1. The van der Waals surface area contributed by atoms with E-state index in [-0.39, 0.29) is 0 Å². The lowest BCUT2D eigenvalue weighted by atomic mass is 10.1. The molecule has 0 nitrogen and oxygen atoms in total. The fourth-order valence-corrected chi connectivity index (χ4v) is 3.10. The zero-order valence-corrected chi connectivity index (χ0v) is 8.99. The van der Waals surface area contributed by atoms with Gasteiger partial charge in [-0.25, -0.2) is 0 Å². The van der Waals surface area contributed by atoms with Crippen LogP contribution in [0.5, 0.6) is 0 Å². The van der Waals surface area contributed by atoms with Gasteiger partial charge in [0.2, 0.25) is 0 Å². The molecule has 0 spiro atoms. The standard InChI is InChI=1S/C12H7S2/c1-2-4-12-10(3-1)11(8-14-12)9-5-6-13-7-9/h1-6,8H. The third kappa shape index (κ3) is 1.19. The Morgan fingerprint density at radius 3 is 2.86 bits per heavy atom. The molecule has 0 bridgehead atoms. The van der Waals surface area contributed by atoms with Crippen LogP contribution < -0.4 is 0 Å². The average Bonchev–Trinajstić information content (AvgIpc) is 2.85. The summed E-state index contributed by atoms with van der Waals surface area (Å²) in [5.41, 5.74) is 2.53. The molecule has 0 aliphatic rings. The van der Waals surface area contributed by atoms with Crippen molar-refractivity contribution in [1.82, 2.24) is 0 Å². The molecule has 1 radical (unpaired) electrons. The number of thiophene rings is 2. The van der Waals surface area contributed by atoms with Crippen molar-refractivity contribution in [1.29, 1.82) is 0 Å². The number of fused-ring (bicyclic) bond motifs is 1. The van der Waals surface area contributed by atoms with E-state index in [1.807, 2.05) is 0 Å². The summed E-state index contributed by atoms with van der Waals surface area (Å²) in [5.74, 6) is 0. The van der Waals surface area contributed by atoms with Crippen LogP contribution >= 0.6 is 22.7 Å². The molecule has 0 saturated carbocycles. The van der Waals surface area contributed by atoms with Crippen LogP contribution in [0.25, 0.3) is 21.2 Å². The van der Waals surface area contributed by atoms with E-state index in [0.717, 1.165) is 0 Å². The lowest BCUT2D eigenvalue weighted by molar-refractivity contribution is 1.82. The van der Waals surface area contributed by atoms with Gasteiger partial charge in [-0.15, -0.1) is 22.7 Å². The first-order chi connectivity index (χ1) is 6.95. The van der Waals surface area contributed by atoms with Gasteiger partial charge in [-0.2, -0.15) is 0 Å². The van der Waals surface area contributed by atoms with Crippen molar-refractivity contribution in [3.63, 3.8) is 0 Å². The molecule has 2 heterocycles. The third-order valence-electron chi connectivity index (χ3n) is 2.24. The lowest BCUT2D eigenvalue weighted by Gasteiger charge is -1.93. The van der Waals surface area contributed by atoms with Crippen molar-refractivity contribution in [3.05, 3.63) is 46.5 Å². The molecule has 0 saturated heterocycles. The SMILES string of the molecule is [c]1sccc1-c1csc2ccccc12. The molecular weight excluding hydrogens is 208 g/mol. The highest BCUT2D eigenvalue weighted by molar-refractivity contribution is 7.17. The highest BCUT2D eigenvalue weighted by Gasteiger charge is 2.05. The van der Waals surface area contributed by atoms with Gasteiger partial charge in [0.15, 0.2) is 0 Å². The maximum absolute atomic E-state index is 3.28. The minimum Gasteiger partial charge on any atom is -0.143 e. The van der Waals surface area contributed by atoms with E-state index in [1.165, 1.54) is 21.2 Å². The summed E-state index contributed by atoms with van der Waals surface area (Å²) in [7, 11) is 0. The quantitative estimate of drug-likeness (QED) is 0.563. The topological polar surface area (TPSA) is 0 Å². The molecule has 0 amide bonds. The Hall–Kier alpha value is -1.12. The predicted octanol–water partition coefficient (Wildman–Crippen LogP) is 4.43. The smallest absolute Gasteiger partial charge is 0.0527 e. The molecular formula is C12H7S2. The zero-order chi connectivity index (χ0) is 9.38. The highest BCUT2D eigenvalue weighted by atomic mass is 32.1. The third-order valence-corrected chi connectivity index (χ3v) is 3.82. The van der Waals surface area contributed by atoms with E-state index in [9.17, 15) is 0 Å². The summed E-state index contributed by atoms with van der Waals surface area (Å²) in [6.07, 6.45) is 0. The summed E-state index contributed by atoms with van der Waals surface area (Å²) in [6, 6.07) is 10.6. The molecule has 0 aliphatic heterocycles. The number of hydrogen-bond acceptors (Lipinski definition) is 2. The molecule has 14 heavy (non-hydrogen) atoms. The van der Waals surface area contributed by atoms with Gasteiger partial charge in [0.1, 0.15) is 0 Å². The molecule has 0 unspecified atom stereocenters. The first-order valence-electron chi connectivity index (χ1n) is 4.37. The second-order valence-corrected chi connectivity index (χ2v) is 4.71. The predicted molar refractivity (Wildman–Crippen MR) is 64.0 cm³/mol. The summed E-state index contributed by atoms with van der Waals surface area (Å²) in [4.78, 5) is 0. The van der Waals surface area contributed by atoms with Gasteiger partial charge in [0.05, 0.1) is 5.38 Å². The normalized spacial score (nSPS) is 10.9. The van der Waals surface area contributed by atoms with Crippen molar-refractivity contribution in [2.24, 2.45) is 0 Å². The van der Waals surface area contributed by atoms with Gasteiger partial charge in [-0.1, -0.05) is 18.2 Å². The van der Waals surface area contributed by atoms with Crippen LogP contribution in [0, 0.1) is 5.38 Å². The summed E-state index contributed by atoms with van der Waals surface area (Å²) in [6.45, 7) is 0. The maximum atomic E-state index is 3.28. The van der Waals surface area contributed by atoms with Gasteiger partial charge < -0.3 is 0 Å². The van der Waals surface area contributed by atoms with Crippen molar-refractivity contribution in [2.45, 2.75) is 0 Å². The van der Waals surface area contributed by atoms with Gasteiger partial charge in [0.25, 0.3) is 0 Å². The monoisotopic (exact) mass is 215 g/mol. The van der Waals surface area contributed by atoms with Crippen LogP contribution in [0.4, 0.5) is 0 Å². The van der Waals surface area contributed by atoms with Gasteiger partial charge in [-0.3, -0.25) is 0 Å². The van der Waals surface area contributed by atoms with E-state index in [0.29, 0.717) is 0 Å². The molecule has 1 aromatic carbocycles. The van der Waals surface area contributed by atoms with Gasteiger partial charge in [0, 0.05) is 21.2 Å². The largest absolute Gasteiger partial charge is 0.143 e. The van der Waals surface area contributed by atoms with E-state index in [4.69, 9.17) is 0 Å². The minimum atomic E-state index is 1.22. The van der Waals surface area contributed by atoms with Crippen LogP contribution in [-0.2, 0) is 0 Å². The molecule has 2 heteroatoms. The van der Waals surface area contributed by atoms with Crippen LogP contribution in [0.15, 0.2) is 41.1 Å². The van der Waals surface area contributed by atoms with E-state index in [1.54, 1.807) is 22.7 Å². The Kier molecular flexibility index (Phi) is 1.89. The number of hydrogen-bond donors (Lipinski definition) is 0. The van der Waals surface area contributed by atoms with E-state index in [2.05, 4.69) is 46.5 Å². The average molecular weight is 215 g/mol. The van der Waals surface area contributed by atoms with Gasteiger partial charge >= 0.3 is 0 Å². The van der Waals surface area contributed by atoms with Crippen LogP contribution in [0.3, 0.4) is 0 Å². The van der Waals surface area contributed by atoms with Crippen molar-refractivity contribution < 1.29 is 0 Å². The highest BCUT2D eigenvalue weighted by Crippen LogP contribution is 2.34. The fraction of sp³-hybridized carbons (Fsp3) is 0. The molecule has 0 aliphatic carbocycles. The van der Waals surface area contributed by atoms with Crippen molar-refractivity contribution >= 4 is 32.8 Å². The van der Waals surface area contributed by atoms with Crippen molar-refractivity contribution in [3.8, 4) is 11.1 Å². The molecule has 0 fully saturated rings. The Labute approximate surface area is 90.5 Å². The zero-order valence-electron chi connectivity index (χ0n) is 7.36. The van der Waals surface area contributed by atoms with E-state index < -0.39 is 0 Å². The molecule has 2 aromatic heterocycles. The van der Waals surface area contributed by atoms with Gasteiger partial charge in [-0.05, 0) is 22.9 Å². The maximum Gasteiger partial charge on any atom is 0.0527 e. The first kappa shape index (κ1) is 8.21. The Balaban J connectivity index is 2.33. The molecule has 0 atom stereocenters. The van der Waals surface area contributed by atoms with Crippen molar-refractivity contribution in [2.75, 3.05) is 0 Å². The Bertz CT molecular complexity index is 546. The number of benzene rings is 1. The molecule has 3 aromatic rings. The van der Waals surface area contributed by atoms with Crippen LogP contribution in [0.2, 0.25) is 0 Å². The van der Waals surface area contributed by atoms with Crippen LogP contribution in [-0.4, -0.2) is 0 Å². The second-order valence-electron chi connectivity index (χ2n) is 3.08. The van der Waals surface area contributed by atoms with Crippen LogP contribution in [0.1, 0.15) is 0 Å². The summed E-state index contributed by atoms with van der Waals surface area (Å²) in [5, 5.41) is 8.90. The Morgan fingerprint density at radius 2 is 2.00 bits per heavy atom.